The third-order valence-electron chi connectivity index (χ3n) is 3.44. The maximum Gasteiger partial charge on any atom is 0.218 e. The van der Waals surface area contributed by atoms with E-state index in [1.54, 1.807) is 0 Å². The lowest BCUT2D eigenvalue weighted by Crippen LogP contribution is -2.30. The molecular formula is C14H22BrN3O. The van der Waals surface area contributed by atoms with Crippen molar-refractivity contribution in [2.45, 2.75) is 45.6 Å². The van der Waals surface area contributed by atoms with Crippen LogP contribution >= 0.6 is 15.9 Å². The molecule has 1 atom stereocenters. The summed E-state index contributed by atoms with van der Waals surface area (Å²) in [6.07, 6.45) is 4.95. The highest BCUT2D eigenvalue weighted by Gasteiger charge is 2.25. The maximum absolute atomic E-state index is 5.52. The maximum atomic E-state index is 5.52. The molecule has 1 saturated heterocycles. The predicted molar refractivity (Wildman–Crippen MR) is 81.3 cm³/mol. The Balaban J connectivity index is 2.15. The van der Waals surface area contributed by atoms with E-state index < -0.39 is 0 Å². The number of alkyl halides is 1. The van der Waals surface area contributed by atoms with Crippen molar-refractivity contribution in [2.75, 3.05) is 23.4 Å². The third-order valence-corrected chi connectivity index (χ3v) is 4.00. The molecule has 0 amide bonds. The Hall–Kier alpha value is -0.840. The zero-order valence-corrected chi connectivity index (χ0v) is 13.3. The lowest BCUT2D eigenvalue weighted by molar-refractivity contribution is 0.325. The smallest absolute Gasteiger partial charge is 0.218 e. The molecule has 1 fully saturated rings. The quantitative estimate of drug-likeness (QED) is 0.751. The normalized spacial score (nSPS) is 18.9. The van der Waals surface area contributed by atoms with Crippen molar-refractivity contribution < 1.29 is 4.74 Å². The number of aryl methyl sites for hydroxylation is 1. The van der Waals surface area contributed by atoms with Gasteiger partial charge in [-0.05, 0) is 39.5 Å². The first-order chi connectivity index (χ1) is 9.24. The van der Waals surface area contributed by atoms with Gasteiger partial charge < -0.3 is 9.64 Å². The Bertz CT molecular complexity index is 414. The van der Waals surface area contributed by atoms with E-state index in [0.29, 0.717) is 18.5 Å². The molecule has 19 heavy (non-hydrogen) atoms. The van der Waals surface area contributed by atoms with Gasteiger partial charge in [0.25, 0.3) is 0 Å². The summed E-state index contributed by atoms with van der Waals surface area (Å²) in [7, 11) is 0. The zero-order valence-electron chi connectivity index (χ0n) is 11.7. The van der Waals surface area contributed by atoms with Gasteiger partial charge in [0.05, 0.1) is 6.61 Å². The lowest BCUT2D eigenvalue weighted by Gasteiger charge is -2.26. The third kappa shape index (κ3) is 3.81. The average molecular weight is 328 g/mol. The van der Waals surface area contributed by atoms with Crippen molar-refractivity contribution in [2.24, 2.45) is 0 Å². The van der Waals surface area contributed by atoms with Crippen molar-refractivity contribution >= 4 is 21.7 Å². The fourth-order valence-electron chi connectivity index (χ4n) is 2.64. The predicted octanol–water partition coefficient (Wildman–Crippen LogP) is 3.33. The minimum atomic E-state index is 0.612. The number of nitrogens with zero attached hydrogens (tertiary/aromatic N) is 3. The van der Waals surface area contributed by atoms with Gasteiger partial charge in [0, 0.05) is 24.0 Å². The van der Waals surface area contributed by atoms with Crippen molar-refractivity contribution in [1.29, 1.82) is 0 Å². The van der Waals surface area contributed by atoms with Gasteiger partial charge in [-0.3, -0.25) is 0 Å². The molecule has 2 rings (SSSR count). The van der Waals surface area contributed by atoms with E-state index >= 15 is 0 Å². The van der Waals surface area contributed by atoms with Crippen LogP contribution in [0, 0.1) is 6.92 Å². The number of anilines is 1. The Morgan fingerprint density at radius 2 is 2.32 bits per heavy atom. The summed E-state index contributed by atoms with van der Waals surface area (Å²) < 4.78 is 5.52. The topological polar surface area (TPSA) is 38.2 Å². The molecule has 1 aliphatic heterocycles. The number of hydrogen-bond donors (Lipinski definition) is 0. The van der Waals surface area contributed by atoms with Crippen LogP contribution in [0.3, 0.4) is 0 Å². The Labute approximate surface area is 123 Å². The monoisotopic (exact) mass is 327 g/mol. The first kappa shape index (κ1) is 14.6. The minimum absolute atomic E-state index is 0.612. The summed E-state index contributed by atoms with van der Waals surface area (Å²) in [5.74, 6) is 2.50. The first-order valence-corrected chi connectivity index (χ1v) is 8.17. The van der Waals surface area contributed by atoms with E-state index in [2.05, 4.69) is 30.8 Å². The zero-order chi connectivity index (χ0) is 13.7. The molecule has 5 heteroatoms. The standard InChI is InChI=1S/C14H22BrN3O/c1-3-19-14-10-13(16-11(2)17-14)18-9-5-7-12(18)6-4-8-15/h10,12H,3-9H2,1-2H3. The summed E-state index contributed by atoms with van der Waals surface area (Å²) in [5.41, 5.74) is 0. The molecule has 0 saturated carbocycles. The van der Waals surface area contributed by atoms with Crippen LogP contribution in [-0.4, -0.2) is 34.5 Å². The van der Waals surface area contributed by atoms with Crippen molar-refractivity contribution in [3.63, 3.8) is 0 Å². The number of aromatic nitrogens is 2. The summed E-state index contributed by atoms with van der Waals surface area (Å²) in [4.78, 5) is 11.3. The fourth-order valence-corrected chi connectivity index (χ4v) is 2.97. The highest BCUT2D eigenvalue weighted by atomic mass is 79.9. The van der Waals surface area contributed by atoms with Gasteiger partial charge in [-0.15, -0.1) is 0 Å². The molecule has 1 aromatic heterocycles. The number of hydrogen-bond acceptors (Lipinski definition) is 4. The molecule has 0 spiro atoms. The second kappa shape index (κ2) is 7.08. The summed E-state index contributed by atoms with van der Waals surface area (Å²) in [6, 6.07) is 2.59. The van der Waals surface area contributed by atoms with Gasteiger partial charge in [-0.1, -0.05) is 15.9 Å². The van der Waals surface area contributed by atoms with Gasteiger partial charge in [0.2, 0.25) is 5.88 Å². The molecule has 0 bridgehead atoms. The molecule has 1 unspecified atom stereocenters. The van der Waals surface area contributed by atoms with Crippen LogP contribution in [-0.2, 0) is 0 Å². The van der Waals surface area contributed by atoms with E-state index in [4.69, 9.17) is 4.74 Å². The van der Waals surface area contributed by atoms with E-state index in [-0.39, 0.29) is 0 Å². The molecule has 0 radical (unpaired) electrons. The van der Waals surface area contributed by atoms with E-state index in [1.165, 1.54) is 25.7 Å². The Kier molecular flexibility index (Phi) is 5.43. The van der Waals surface area contributed by atoms with Crippen LogP contribution in [0.1, 0.15) is 38.4 Å². The van der Waals surface area contributed by atoms with E-state index in [9.17, 15) is 0 Å². The summed E-state index contributed by atoms with van der Waals surface area (Å²) in [6.45, 7) is 5.64. The van der Waals surface area contributed by atoms with Crippen LogP contribution in [0.2, 0.25) is 0 Å². The molecule has 4 nitrogen and oxygen atoms in total. The molecule has 1 aromatic rings. The van der Waals surface area contributed by atoms with Crippen molar-refractivity contribution in [1.82, 2.24) is 9.97 Å². The number of halogens is 1. The molecule has 1 aliphatic rings. The Morgan fingerprint density at radius 1 is 1.47 bits per heavy atom. The van der Waals surface area contributed by atoms with E-state index in [1.807, 2.05) is 19.9 Å². The second-order valence-electron chi connectivity index (χ2n) is 4.87. The largest absolute Gasteiger partial charge is 0.478 e. The highest BCUT2D eigenvalue weighted by Crippen LogP contribution is 2.28. The Morgan fingerprint density at radius 3 is 3.05 bits per heavy atom. The van der Waals surface area contributed by atoms with Crippen molar-refractivity contribution in [3.05, 3.63) is 11.9 Å². The fraction of sp³-hybridized carbons (Fsp3) is 0.714. The van der Waals surface area contributed by atoms with Crippen LogP contribution in [0.4, 0.5) is 5.82 Å². The lowest BCUT2D eigenvalue weighted by atomic mass is 10.1. The van der Waals surface area contributed by atoms with Crippen LogP contribution in [0.15, 0.2) is 6.07 Å². The van der Waals surface area contributed by atoms with Crippen LogP contribution < -0.4 is 9.64 Å². The molecule has 0 aliphatic carbocycles. The van der Waals surface area contributed by atoms with Crippen molar-refractivity contribution in [3.8, 4) is 5.88 Å². The minimum Gasteiger partial charge on any atom is -0.478 e. The van der Waals surface area contributed by atoms with E-state index in [0.717, 1.165) is 23.5 Å². The van der Waals surface area contributed by atoms with Crippen LogP contribution in [0.25, 0.3) is 0 Å². The van der Waals surface area contributed by atoms with Gasteiger partial charge in [-0.25, -0.2) is 4.98 Å². The SMILES string of the molecule is CCOc1cc(N2CCCC2CCCBr)nc(C)n1. The van der Waals surface area contributed by atoms with Gasteiger partial charge in [-0.2, -0.15) is 4.98 Å². The molecule has 2 heterocycles. The van der Waals surface area contributed by atoms with Gasteiger partial charge in [0.15, 0.2) is 0 Å². The van der Waals surface area contributed by atoms with Gasteiger partial charge >= 0.3 is 0 Å². The molecule has 106 valence electrons. The average Bonchev–Trinajstić information content (AvgIpc) is 2.84. The summed E-state index contributed by atoms with van der Waals surface area (Å²) >= 11 is 3.51. The molecule has 0 aromatic carbocycles. The number of ether oxygens (including phenoxy) is 1. The van der Waals surface area contributed by atoms with Crippen LogP contribution in [0.5, 0.6) is 5.88 Å². The first-order valence-electron chi connectivity index (χ1n) is 7.05. The molecule has 0 N–H and O–H groups in total. The highest BCUT2D eigenvalue weighted by molar-refractivity contribution is 9.09. The van der Waals surface area contributed by atoms with Gasteiger partial charge in [0.1, 0.15) is 11.6 Å². The second-order valence-corrected chi connectivity index (χ2v) is 5.66. The summed E-state index contributed by atoms with van der Waals surface area (Å²) in [5, 5.41) is 1.07. The molecular weight excluding hydrogens is 306 g/mol. The number of rotatable bonds is 6.